The van der Waals surface area contributed by atoms with E-state index in [4.69, 9.17) is 0 Å². The second kappa shape index (κ2) is 5.03. The molecule has 0 aliphatic carbocycles. The molecule has 0 saturated carbocycles. The smallest absolute Gasteiger partial charge is 0.338 e. The van der Waals surface area contributed by atoms with Crippen LogP contribution in [0.4, 0.5) is 8.78 Å². The quantitative estimate of drug-likeness (QED) is 0.606. The van der Waals surface area contributed by atoms with Crippen molar-refractivity contribution in [1.29, 1.82) is 0 Å². The number of benzene rings is 1. The molecule has 0 saturated heterocycles. The maximum atomic E-state index is 13.4. The van der Waals surface area contributed by atoms with Crippen molar-refractivity contribution < 1.29 is 18.3 Å². The maximum Gasteiger partial charge on any atom is 0.338 e. The van der Waals surface area contributed by atoms with Crippen LogP contribution in [0, 0.1) is 11.6 Å². The van der Waals surface area contributed by atoms with Crippen LogP contribution in [0.5, 0.6) is 0 Å². The zero-order valence-corrected chi connectivity index (χ0v) is 10.7. The van der Waals surface area contributed by atoms with Crippen molar-refractivity contribution in [2.24, 2.45) is 0 Å². The van der Waals surface area contributed by atoms with Crippen LogP contribution in [-0.4, -0.2) is 13.1 Å². The summed E-state index contributed by atoms with van der Waals surface area (Å²) in [5, 5.41) is 0. The third kappa shape index (κ3) is 2.55. The average Bonchev–Trinajstić information content (AvgIpc) is 2.20. The Labute approximate surface area is 102 Å². The van der Waals surface area contributed by atoms with Gasteiger partial charge >= 0.3 is 5.97 Å². The Kier molecular flexibility index (Phi) is 4.21. The van der Waals surface area contributed by atoms with Crippen molar-refractivity contribution in [3.63, 3.8) is 0 Å². The summed E-state index contributed by atoms with van der Waals surface area (Å²) >= 11 is 6.04. The number of hydrogen-bond donors (Lipinski definition) is 0. The van der Waals surface area contributed by atoms with E-state index in [0.717, 1.165) is 6.07 Å². The monoisotopic (exact) mass is 342 g/mol. The SMILES string of the molecule is COC(=O)c1ccc(F)c(F)c1C(Br)Br. The van der Waals surface area contributed by atoms with Crippen molar-refractivity contribution in [2.75, 3.05) is 7.11 Å². The van der Waals surface area contributed by atoms with Gasteiger partial charge in [-0.2, -0.15) is 0 Å². The van der Waals surface area contributed by atoms with E-state index in [1.165, 1.54) is 13.2 Å². The van der Waals surface area contributed by atoms with E-state index in [-0.39, 0.29) is 11.1 Å². The molecule has 0 atom stereocenters. The van der Waals surface area contributed by atoms with E-state index >= 15 is 0 Å². The van der Waals surface area contributed by atoms with E-state index in [9.17, 15) is 13.6 Å². The third-order valence-electron chi connectivity index (χ3n) is 1.76. The summed E-state index contributed by atoms with van der Waals surface area (Å²) in [5.74, 6) is -2.80. The summed E-state index contributed by atoms with van der Waals surface area (Å²) in [6.45, 7) is 0. The minimum atomic E-state index is -1.07. The topological polar surface area (TPSA) is 26.3 Å². The predicted molar refractivity (Wildman–Crippen MR) is 58.3 cm³/mol. The van der Waals surface area contributed by atoms with Gasteiger partial charge in [0.2, 0.25) is 0 Å². The second-order valence-electron chi connectivity index (χ2n) is 2.61. The average molecular weight is 344 g/mol. The van der Waals surface area contributed by atoms with Crippen LogP contribution in [0.3, 0.4) is 0 Å². The molecule has 0 N–H and O–H groups in total. The molecule has 0 aliphatic heterocycles. The Bertz CT molecular complexity index is 394. The molecular weight excluding hydrogens is 338 g/mol. The van der Waals surface area contributed by atoms with Gasteiger partial charge in [0.05, 0.1) is 16.4 Å². The number of methoxy groups -OCH3 is 1. The molecule has 0 heterocycles. The lowest BCUT2D eigenvalue weighted by atomic mass is 10.1. The number of rotatable bonds is 2. The molecule has 82 valence electrons. The highest BCUT2D eigenvalue weighted by atomic mass is 79.9. The van der Waals surface area contributed by atoms with Gasteiger partial charge in [-0.05, 0) is 12.1 Å². The Morgan fingerprint density at radius 1 is 1.40 bits per heavy atom. The summed E-state index contributed by atoms with van der Waals surface area (Å²) in [5.41, 5.74) is -0.128. The van der Waals surface area contributed by atoms with Gasteiger partial charge < -0.3 is 4.74 Å². The summed E-state index contributed by atoms with van der Waals surface area (Å²) in [4.78, 5) is 11.2. The predicted octanol–water partition coefficient (Wildman–Crippen LogP) is 3.54. The van der Waals surface area contributed by atoms with E-state index < -0.39 is 21.3 Å². The van der Waals surface area contributed by atoms with Crippen LogP contribution in [0.15, 0.2) is 12.1 Å². The van der Waals surface area contributed by atoms with Crippen molar-refractivity contribution in [3.05, 3.63) is 34.9 Å². The Hall–Kier alpha value is -0.490. The fourth-order valence-electron chi connectivity index (χ4n) is 1.07. The van der Waals surface area contributed by atoms with Crippen molar-refractivity contribution in [3.8, 4) is 0 Å². The molecule has 0 fully saturated rings. The van der Waals surface area contributed by atoms with Gasteiger partial charge in [0.1, 0.15) is 0 Å². The van der Waals surface area contributed by atoms with Crippen molar-refractivity contribution in [2.45, 2.75) is 3.74 Å². The number of halogens is 4. The first-order chi connectivity index (χ1) is 6.99. The number of hydrogen-bond acceptors (Lipinski definition) is 2. The van der Waals surface area contributed by atoms with Crippen LogP contribution in [-0.2, 0) is 4.74 Å². The maximum absolute atomic E-state index is 13.4. The molecule has 6 heteroatoms. The van der Waals surface area contributed by atoms with E-state index in [2.05, 4.69) is 36.6 Å². The summed E-state index contributed by atoms with van der Waals surface area (Å²) < 4.78 is 30.1. The van der Waals surface area contributed by atoms with Gasteiger partial charge in [-0.1, -0.05) is 31.9 Å². The minimum Gasteiger partial charge on any atom is -0.465 e. The van der Waals surface area contributed by atoms with Gasteiger partial charge in [-0.25, -0.2) is 13.6 Å². The molecule has 0 aliphatic rings. The minimum absolute atomic E-state index is 0.0184. The van der Waals surface area contributed by atoms with Gasteiger partial charge in [-0.3, -0.25) is 0 Å². The molecule has 1 rings (SSSR count). The summed E-state index contributed by atoms with van der Waals surface area (Å²) in [6.07, 6.45) is 0. The highest BCUT2D eigenvalue weighted by Crippen LogP contribution is 2.34. The zero-order chi connectivity index (χ0) is 11.6. The van der Waals surface area contributed by atoms with Gasteiger partial charge in [-0.15, -0.1) is 0 Å². The zero-order valence-electron chi connectivity index (χ0n) is 7.56. The molecule has 0 spiro atoms. The molecule has 0 amide bonds. The lowest BCUT2D eigenvalue weighted by molar-refractivity contribution is 0.0599. The van der Waals surface area contributed by atoms with Crippen LogP contribution >= 0.6 is 31.9 Å². The number of alkyl halides is 2. The molecule has 1 aromatic rings. The van der Waals surface area contributed by atoms with Crippen molar-refractivity contribution >= 4 is 37.8 Å². The first kappa shape index (κ1) is 12.6. The normalized spacial score (nSPS) is 10.5. The summed E-state index contributed by atoms with van der Waals surface area (Å²) in [7, 11) is 1.17. The number of esters is 1. The number of carbonyl (C=O) groups is 1. The molecule has 0 unspecified atom stereocenters. The Morgan fingerprint density at radius 2 is 2.00 bits per heavy atom. The fourth-order valence-corrected chi connectivity index (χ4v) is 1.96. The van der Waals surface area contributed by atoms with Crippen LogP contribution in [0.2, 0.25) is 0 Å². The lowest BCUT2D eigenvalue weighted by Gasteiger charge is -2.10. The van der Waals surface area contributed by atoms with E-state index in [0.29, 0.717) is 0 Å². The molecular formula is C9H6Br2F2O2. The fraction of sp³-hybridized carbons (Fsp3) is 0.222. The standard InChI is InChI=1S/C9H6Br2F2O2/c1-15-9(14)4-2-3-5(12)7(13)6(4)8(10)11/h2-3,8H,1H3. The Balaban J connectivity index is 3.40. The van der Waals surface area contributed by atoms with Crippen LogP contribution in [0.25, 0.3) is 0 Å². The van der Waals surface area contributed by atoms with Gasteiger partial charge in [0.25, 0.3) is 0 Å². The summed E-state index contributed by atoms with van der Waals surface area (Å²) in [6, 6.07) is 2.06. The highest BCUT2D eigenvalue weighted by Gasteiger charge is 2.22. The number of ether oxygens (including phenoxy) is 1. The first-order valence-electron chi connectivity index (χ1n) is 3.83. The van der Waals surface area contributed by atoms with E-state index in [1.807, 2.05) is 0 Å². The lowest BCUT2D eigenvalue weighted by Crippen LogP contribution is -2.08. The molecule has 2 nitrogen and oxygen atoms in total. The largest absolute Gasteiger partial charge is 0.465 e. The molecule has 0 aromatic heterocycles. The molecule has 1 aromatic carbocycles. The van der Waals surface area contributed by atoms with Crippen LogP contribution in [0.1, 0.15) is 19.7 Å². The molecule has 0 bridgehead atoms. The first-order valence-corrected chi connectivity index (χ1v) is 5.66. The molecule has 15 heavy (non-hydrogen) atoms. The van der Waals surface area contributed by atoms with Gasteiger partial charge in [0, 0.05) is 5.56 Å². The number of carbonyl (C=O) groups excluding carboxylic acids is 1. The molecule has 0 radical (unpaired) electrons. The second-order valence-corrected chi connectivity index (χ2v) is 5.68. The van der Waals surface area contributed by atoms with Crippen LogP contribution < -0.4 is 0 Å². The highest BCUT2D eigenvalue weighted by molar-refractivity contribution is 9.24. The third-order valence-corrected chi connectivity index (χ3v) is 2.67. The van der Waals surface area contributed by atoms with E-state index in [1.54, 1.807) is 0 Å². The van der Waals surface area contributed by atoms with Crippen molar-refractivity contribution in [1.82, 2.24) is 0 Å². The Morgan fingerprint density at radius 3 is 2.47 bits per heavy atom. The van der Waals surface area contributed by atoms with Gasteiger partial charge in [0.15, 0.2) is 11.6 Å².